The number of aromatic nitrogens is 4. The van der Waals surface area contributed by atoms with E-state index in [1.165, 1.54) is 13.6 Å². The lowest BCUT2D eigenvalue weighted by molar-refractivity contribution is 0.0949. The maximum Gasteiger partial charge on any atom is 0.352 e. The number of benzene rings is 2. The zero-order valence-corrected chi connectivity index (χ0v) is 20.5. The molecule has 0 aliphatic carbocycles. The Hall–Kier alpha value is -3.39. The first-order chi connectivity index (χ1) is 16.2. The van der Waals surface area contributed by atoms with E-state index in [4.69, 9.17) is 11.6 Å². The molecule has 0 saturated heterocycles. The number of fused-ring (bicyclic) bond motifs is 3. The highest BCUT2D eigenvalue weighted by atomic mass is 35.5. The van der Waals surface area contributed by atoms with Crippen molar-refractivity contribution in [2.75, 3.05) is 6.54 Å². The molecule has 1 N–H and O–H groups in total. The predicted molar refractivity (Wildman–Crippen MR) is 134 cm³/mol. The lowest BCUT2D eigenvalue weighted by atomic mass is 10.1. The van der Waals surface area contributed by atoms with Gasteiger partial charge in [0.2, 0.25) is 5.78 Å². The van der Waals surface area contributed by atoms with Gasteiger partial charge < -0.3 is 5.32 Å². The van der Waals surface area contributed by atoms with Crippen LogP contribution in [0.15, 0.2) is 52.1 Å². The van der Waals surface area contributed by atoms with E-state index in [1.54, 1.807) is 24.3 Å². The normalized spacial score (nSPS) is 11.7. The fourth-order valence-electron chi connectivity index (χ4n) is 3.88. The van der Waals surface area contributed by atoms with Gasteiger partial charge in [-0.25, -0.2) is 13.9 Å². The molecule has 2 aromatic carbocycles. The van der Waals surface area contributed by atoms with E-state index in [1.807, 2.05) is 45.9 Å². The average molecular weight is 482 g/mol. The number of carbonyl (C=O) groups is 1. The van der Waals surface area contributed by atoms with Gasteiger partial charge in [0.1, 0.15) is 0 Å². The Labute approximate surface area is 201 Å². The third kappa shape index (κ3) is 4.50. The maximum absolute atomic E-state index is 13.5. The van der Waals surface area contributed by atoms with Crippen molar-refractivity contribution in [2.24, 2.45) is 11.8 Å². The molecule has 0 radical (unpaired) electrons. The molecule has 0 aliphatic rings. The van der Waals surface area contributed by atoms with Crippen molar-refractivity contribution in [3.05, 3.63) is 79.5 Å². The van der Waals surface area contributed by atoms with E-state index in [-0.39, 0.29) is 29.7 Å². The monoisotopic (exact) mass is 481 g/mol. The summed E-state index contributed by atoms with van der Waals surface area (Å²) in [5.41, 5.74) is 0.816. The third-order valence-electron chi connectivity index (χ3n) is 5.54. The number of carbonyl (C=O) groups excluding carboxylic acids is 1. The van der Waals surface area contributed by atoms with E-state index in [9.17, 15) is 14.4 Å². The largest absolute Gasteiger partial charge is 0.352 e. The Morgan fingerprint density at radius 2 is 1.79 bits per heavy atom. The second-order valence-electron chi connectivity index (χ2n) is 9.31. The van der Waals surface area contributed by atoms with Gasteiger partial charge in [0.15, 0.2) is 0 Å². The van der Waals surface area contributed by atoms with E-state index >= 15 is 0 Å². The number of rotatable bonds is 7. The first-order valence-corrected chi connectivity index (χ1v) is 11.7. The van der Waals surface area contributed by atoms with Crippen molar-refractivity contribution in [3.63, 3.8) is 0 Å². The summed E-state index contributed by atoms with van der Waals surface area (Å²) in [6.07, 6.45) is 0. The smallest absolute Gasteiger partial charge is 0.352 e. The van der Waals surface area contributed by atoms with Crippen molar-refractivity contribution in [3.8, 4) is 0 Å². The van der Waals surface area contributed by atoms with Crippen LogP contribution in [0.2, 0.25) is 5.02 Å². The summed E-state index contributed by atoms with van der Waals surface area (Å²) in [4.78, 5) is 39.6. The van der Waals surface area contributed by atoms with Crippen molar-refractivity contribution in [1.82, 2.24) is 24.1 Å². The van der Waals surface area contributed by atoms with Gasteiger partial charge in [-0.3, -0.25) is 14.2 Å². The molecule has 0 atom stereocenters. The van der Waals surface area contributed by atoms with Gasteiger partial charge in [0, 0.05) is 23.7 Å². The van der Waals surface area contributed by atoms with Crippen LogP contribution in [-0.2, 0) is 13.1 Å². The van der Waals surface area contributed by atoms with Gasteiger partial charge in [0.05, 0.1) is 17.4 Å². The van der Waals surface area contributed by atoms with Crippen molar-refractivity contribution in [1.29, 1.82) is 0 Å². The van der Waals surface area contributed by atoms with Gasteiger partial charge in [-0.15, -0.1) is 5.10 Å². The Morgan fingerprint density at radius 1 is 1.06 bits per heavy atom. The van der Waals surface area contributed by atoms with Crippen LogP contribution < -0.4 is 16.6 Å². The molecule has 0 saturated carbocycles. The minimum atomic E-state index is -0.405. The molecule has 2 aromatic heterocycles. The molecule has 0 aliphatic heterocycles. The molecule has 4 aromatic rings. The molecule has 0 spiro atoms. The number of halogens is 1. The van der Waals surface area contributed by atoms with Crippen LogP contribution in [0, 0.1) is 11.8 Å². The van der Waals surface area contributed by atoms with E-state index < -0.39 is 5.69 Å². The molecule has 0 unspecified atom stereocenters. The first kappa shape index (κ1) is 23.8. The van der Waals surface area contributed by atoms with Crippen LogP contribution in [0.25, 0.3) is 16.7 Å². The molecule has 8 nitrogen and oxygen atoms in total. The maximum atomic E-state index is 13.5. The number of amides is 1. The summed E-state index contributed by atoms with van der Waals surface area (Å²) in [7, 11) is 0. The van der Waals surface area contributed by atoms with E-state index in [2.05, 4.69) is 10.4 Å². The standard InChI is InChI=1S/C25H28ClN5O3/c1-15(2)12-27-22(32)17-9-10-19-21(11-17)31-24(29(23(19)33)13-16(3)4)28-30(25(31)34)14-18-7-5-6-8-20(18)26/h5-11,15-16H,12-14H2,1-4H3,(H,27,32). The molecule has 178 valence electrons. The molecular weight excluding hydrogens is 454 g/mol. The van der Waals surface area contributed by atoms with Crippen molar-refractivity contribution < 1.29 is 4.79 Å². The first-order valence-electron chi connectivity index (χ1n) is 11.3. The second kappa shape index (κ2) is 9.46. The van der Waals surface area contributed by atoms with E-state index in [0.29, 0.717) is 40.5 Å². The second-order valence-corrected chi connectivity index (χ2v) is 9.72. The molecule has 1 amide bonds. The average Bonchev–Trinajstić information content (AvgIpc) is 3.12. The number of hydrogen-bond acceptors (Lipinski definition) is 4. The summed E-state index contributed by atoms with van der Waals surface area (Å²) in [5.74, 6) is 0.434. The summed E-state index contributed by atoms with van der Waals surface area (Å²) in [5, 5.41) is 8.28. The van der Waals surface area contributed by atoms with Crippen LogP contribution in [-0.4, -0.2) is 31.2 Å². The summed E-state index contributed by atoms with van der Waals surface area (Å²) in [6, 6.07) is 12.0. The topological polar surface area (TPSA) is 90.4 Å². The van der Waals surface area contributed by atoms with Gasteiger partial charge in [-0.1, -0.05) is 57.5 Å². The molecular formula is C25H28ClN5O3. The van der Waals surface area contributed by atoms with Crippen LogP contribution in [0.4, 0.5) is 0 Å². The van der Waals surface area contributed by atoms with Crippen LogP contribution in [0.5, 0.6) is 0 Å². The van der Waals surface area contributed by atoms with Crippen LogP contribution in [0.3, 0.4) is 0 Å². The number of nitrogens with zero attached hydrogens (tertiary/aromatic N) is 4. The fraction of sp³-hybridized carbons (Fsp3) is 0.360. The molecule has 9 heteroatoms. The Kier molecular flexibility index (Phi) is 6.61. The van der Waals surface area contributed by atoms with Gasteiger partial charge in [-0.05, 0) is 41.7 Å². The quantitative estimate of drug-likeness (QED) is 0.437. The zero-order valence-electron chi connectivity index (χ0n) is 19.7. The van der Waals surface area contributed by atoms with Gasteiger partial charge in [-0.2, -0.15) is 0 Å². The molecule has 34 heavy (non-hydrogen) atoms. The number of hydrogen-bond donors (Lipinski definition) is 1. The highest BCUT2D eigenvalue weighted by molar-refractivity contribution is 6.31. The minimum absolute atomic E-state index is 0.156. The predicted octanol–water partition coefficient (Wildman–Crippen LogP) is 3.55. The molecule has 0 fully saturated rings. The lowest BCUT2D eigenvalue weighted by Gasteiger charge is -2.13. The summed E-state index contributed by atoms with van der Waals surface area (Å²) in [6.45, 7) is 9.09. The lowest BCUT2D eigenvalue weighted by Crippen LogP contribution is -2.29. The molecule has 0 bridgehead atoms. The van der Waals surface area contributed by atoms with Gasteiger partial charge >= 0.3 is 5.69 Å². The highest BCUT2D eigenvalue weighted by Gasteiger charge is 2.20. The SMILES string of the molecule is CC(C)CNC(=O)c1ccc2c(=O)n(CC(C)C)c3nn(Cc4ccccc4Cl)c(=O)n3c2c1. The van der Waals surface area contributed by atoms with Crippen LogP contribution >= 0.6 is 11.6 Å². The fourth-order valence-corrected chi connectivity index (χ4v) is 4.07. The summed E-state index contributed by atoms with van der Waals surface area (Å²) >= 11 is 6.30. The third-order valence-corrected chi connectivity index (χ3v) is 5.91. The highest BCUT2D eigenvalue weighted by Crippen LogP contribution is 2.18. The molecule has 4 rings (SSSR count). The Bertz CT molecular complexity index is 1500. The van der Waals surface area contributed by atoms with Crippen LogP contribution in [0.1, 0.15) is 43.6 Å². The zero-order chi connectivity index (χ0) is 24.6. The van der Waals surface area contributed by atoms with E-state index in [0.717, 1.165) is 5.56 Å². The summed E-state index contributed by atoms with van der Waals surface area (Å²) < 4.78 is 4.24. The van der Waals surface area contributed by atoms with Crippen molar-refractivity contribution in [2.45, 2.75) is 40.8 Å². The van der Waals surface area contributed by atoms with Crippen molar-refractivity contribution >= 4 is 34.2 Å². The minimum Gasteiger partial charge on any atom is -0.352 e. The Balaban J connectivity index is 1.95. The van der Waals surface area contributed by atoms with Gasteiger partial charge in [0.25, 0.3) is 11.5 Å². The number of nitrogens with one attached hydrogen (secondary N) is 1. The Morgan fingerprint density at radius 3 is 2.47 bits per heavy atom. The molecule has 2 heterocycles.